The number of rotatable bonds is 5. The molecule has 1 fully saturated rings. The molecule has 0 atom stereocenters. The molecule has 0 spiro atoms. The number of carboxylic acids is 1. The van der Waals surface area contributed by atoms with Crippen molar-refractivity contribution in [2.75, 3.05) is 20.3 Å². The van der Waals surface area contributed by atoms with Crippen LogP contribution < -0.4 is 10.1 Å². The standard InChI is InChI=1S/C21H17Cl2FN2O5/c1-26-14-7-16(30-2)18(23)17(22)11(14)6-15(26)19(27)25-21(8-31-9-21)12-4-3-10(20(28)29)5-13(12)24/h3-7H,8-9H2,1-2H3,(H,25,27)(H,28,29). The van der Waals surface area contributed by atoms with Crippen LogP contribution >= 0.6 is 23.2 Å². The van der Waals surface area contributed by atoms with Crippen LogP contribution in [0.4, 0.5) is 4.39 Å². The summed E-state index contributed by atoms with van der Waals surface area (Å²) in [5, 5.41) is 12.9. The fraction of sp³-hybridized carbons (Fsp3) is 0.238. The molecule has 1 aliphatic heterocycles. The van der Waals surface area contributed by atoms with Crippen molar-refractivity contribution >= 4 is 46.0 Å². The molecule has 2 aromatic carbocycles. The number of amides is 1. The molecule has 1 saturated heterocycles. The predicted molar refractivity (Wildman–Crippen MR) is 113 cm³/mol. The molecule has 4 rings (SSSR count). The monoisotopic (exact) mass is 466 g/mol. The summed E-state index contributed by atoms with van der Waals surface area (Å²) in [6.45, 7) is 0.0961. The Bertz CT molecular complexity index is 1240. The number of halogens is 3. The van der Waals surface area contributed by atoms with E-state index in [9.17, 15) is 14.0 Å². The molecule has 0 aliphatic carbocycles. The molecule has 1 amide bonds. The third-order valence-corrected chi connectivity index (χ3v) is 6.29. The Morgan fingerprint density at radius 2 is 1.94 bits per heavy atom. The third-order valence-electron chi connectivity index (χ3n) is 5.43. The fourth-order valence-corrected chi connectivity index (χ4v) is 4.15. The van der Waals surface area contributed by atoms with Gasteiger partial charge in [-0.1, -0.05) is 29.3 Å². The molecule has 10 heteroatoms. The summed E-state index contributed by atoms with van der Waals surface area (Å²) >= 11 is 12.6. The van der Waals surface area contributed by atoms with Crippen LogP contribution in [-0.2, 0) is 17.3 Å². The van der Waals surface area contributed by atoms with Gasteiger partial charge in [-0.05, 0) is 18.2 Å². The highest BCUT2D eigenvalue weighted by Crippen LogP contribution is 2.40. The van der Waals surface area contributed by atoms with Crippen molar-refractivity contribution in [1.82, 2.24) is 9.88 Å². The molecule has 1 aromatic heterocycles. The lowest BCUT2D eigenvalue weighted by Gasteiger charge is -2.42. The zero-order valence-corrected chi connectivity index (χ0v) is 18.0. The Kier molecular flexibility index (Phi) is 5.33. The fourth-order valence-electron chi connectivity index (χ4n) is 3.67. The van der Waals surface area contributed by atoms with E-state index in [1.807, 2.05) is 0 Å². The summed E-state index contributed by atoms with van der Waals surface area (Å²) in [4.78, 5) is 24.2. The predicted octanol–water partition coefficient (Wildman–Crippen LogP) is 3.99. The number of aryl methyl sites for hydroxylation is 1. The number of nitrogens with zero attached hydrogens (tertiary/aromatic N) is 1. The highest BCUT2D eigenvalue weighted by Gasteiger charge is 2.44. The van der Waals surface area contributed by atoms with Crippen molar-refractivity contribution in [3.05, 3.63) is 63.0 Å². The summed E-state index contributed by atoms with van der Waals surface area (Å²) in [6.07, 6.45) is 0. The van der Waals surface area contributed by atoms with Crippen LogP contribution in [0.2, 0.25) is 10.0 Å². The van der Waals surface area contributed by atoms with E-state index >= 15 is 0 Å². The number of methoxy groups -OCH3 is 1. The van der Waals surface area contributed by atoms with Gasteiger partial charge in [-0.2, -0.15) is 0 Å². The SMILES string of the molecule is COc1cc2c(cc(C(=O)NC3(c4ccc(C(=O)O)cc4F)COC3)n2C)c(Cl)c1Cl. The number of aromatic carboxylic acids is 1. The number of carbonyl (C=O) groups is 2. The van der Waals surface area contributed by atoms with E-state index in [2.05, 4.69) is 5.32 Å². The number of hydrogen-bond acceptors (Lipinski definition) is 4. The lowest BCUT2D eigenvalue weighted by Crippen LogP contribution is -2.60. The molecule has 2 heterocycles. The van der Waals surface area contributed by atoms with Crippen LogP contribution in [0.25, 0.3) is 10.9 Å². The number of aromatic nitrogens is 1. The van der Waals surface area contributed by atoms with Crippen LogP contribution in [0.1, 0.15) is 26.4 Å². The van der Waals surface area contributed by atoms with Crippen molar-refractivity contribution in [2.45, 2.75) is 5.54 Å². The second-order valence-corrected chi connectivity index (χ2v) is 8.01. The number of hydrogen-bond donors (Lipinski definition) is 2. The quantitative estimate of drug-likeness (QED) is 0.593. The summed E-state index contributed by atoms with van der Waals surface area (Å²) in [5.74, 6) is -2.08. The topological polar surface area (TPSA) is 89.8 Å². The van der Waals surface area contributed by atoms with Gasteiger partial charge in [0, 0.05) is 24.1 Å². The van der Waals surface area contributed by atoms with E-state index in [-0.39, 0.29) is 40.1 Å². The van der Waals surface area contributed by atoms with E-state index < -0.39 is 23.2 Å². The Labute approximate surface area is 186 Å². The maximum absolute atomic E-state index is 14.7. The van der Waals surface area contributed by atoms with Crippen molar-refractivity contribution in [1.29, 1.82) is 0 Å². The van der Waals surface area contributed by atoms with Crippen LogP contribution in [0, 0.1) is 5.82 Å². The molecular formula is C21H17Cl2FN2O5. The average Bonchev–Trinajstić information content (AvgIpc) is 3.04. The number of carbonyl (C=O) groups excluding carboxylic acids is 1. The van der Waals surface area contributed by atoms with E-state index in [0.29, 0.717) is 16.7 Å². The molecule has 2 N–H and O–H groups in total. The molecule has 0 unspecified atom stereocenters. The van der Waals surface area contributed by atoms with Gasteiger partial charge in [0.25, 0.3) is 5.91 Å². The van der Waals surface area contributed by atoms with Gasteiger partial charge in [0.15, 0.2) is 0 Å². The van der Waals surface area contributed by atoms with Crippen LogP contribution in [0.15, 0.2) is 30.3 Å². The number of ether oxygens (including phenoxy) is 2. The first kappa shape index (κ1) is 21.4. The van der Waals surface area contributed by atoms with Gasteiger partial charge in [0.05, 0.1) is 36.4 Å². The number of carboxylic acid groups (broad SMARTS) is 1. The third kappa shape index (κ3) is 3.40. The van der Waals surface area contributed by atoms with E-state index in [4.69, 9.17) is 37.8 Å². The zero-order valence-electron chi connectivity index (χ0n) is 16.5. The van der Waals surface area contributed by atoms with E-state index in [1.54, 1.807) is 23.7 Å². The second-order valence-electron chi connectivity index (χ2n) is 7.26. The minimum atomic E-state index is -1.24. The Morgan fingerprint density at radius 1 is 1.23 bits per heavy atom. The minimum absolute atomic E-state index is 0.0480. The summed E-state index contributed by atoms with van der Waals surface area (Å²) in [6, 6.07) is 6.83. The molecule has 0 saturated carbocycles. The summed E-state index contributed by atoms with van der Waals surface area (Å²) in [5.41, 5.74) is -0.244. The largest absolute Gasteiger partial charge is 0.495 e. The number of nitrogens with one attached hydrogen (secondary N) is 1. The van der Waals surface area contributed by atoms with Gasteiger partial charge in [0.1, 0.15) is 27.8 Å². The molecule has 31 heavy (non-hydrogen) atoms. The molecule has 3 aromatic rings. The molecule has 0 bridgehead atoms. The maximum Gasteiger partial charge on any atom is 0.335 e. The molecule has 7 nitrogen and oxygen atoms in total. The van der Waals surface area contributed by atoms with Gasteiger partial charge in [-0.3, -0.25) is 4.79 Å². The molecular weight excluding hydrogens is 450 g/mol. The van der Waals surface area contributed by atoms with Gasteiger partial charge < -0.3 is 24.5 Å². The van der Waals surface area contributed by atoms with E-state index in [0.717, 1.165) is 6.07 Å². The minimum Gasteiger partial charge on any atom is -0.495 e. The lowest BCUT2D eigenvalue weighted by molar-refractivity contribution is -0.0750. The summed E-state index contributed by atoms with van der Waals surface area (Å²) in [7, 11) is 3.15. The maximum atomic E-state index is 14.7. The van der Waals surface area contributed by atoms with Gasteiger partial charge in [0.2, 0.25) is 0 Å². The highest BCUT2D eigenvalue weighted by atomic mass is 35.5. The van der Waals surface area contributed by atoms with Crippen LogP contribution in [0.5, 0.6) is 5.75 Å². The van der Waals surface area contributed by atoms with Crippen molar-refractivity contribution in [2.24, 2.45) is 7.05 Å². The second kappa shape index (κ2) is 7.71. The lowest BCUT2D eigenvalue weighted by atomic mass is 9.86. The van der Waals surface area contributed by atoms with Crippen LogP contribution in [0.3, 0.4) is 0 Å². The first-order valence-electron chi connectivity index (χ1n) is 9.13. The van der Waals surface area contributed by atoms with Crippen molar-refractivity contribution in [3.63, 3.8) is 0 Å². The normalized spacial score (nSPS) is 14.9. The Morgan fingerprint density at radius 3 is 2.48 bits per heavy atom. The van der Waals surface area contributed by atoms with Gasteiger partial charge in [-0.15, -0.1) is 0 Å². The van der Waals surface area contributed by atoms with E-state index in [1.165, 1.54) is 19.2 Å². The number of benzene rings is 2. The number of fused-ring (bicyclic) bond motifs is 1. The average molecular weight is 467 g/mol. The first-order valence-corrected chi connectivity index (χ1v) is 9.89. The molecule has 1 aliphatic rings. The summed E-state index contributed by atoms with van der Waals surface area (Å²) < 4.78 is 26.8. The Hall–Kier alpha value is -2.81. The highest BCUT2D eigenvalue weighted by molar-refractivity contribution is 6.46. The molecule has 0 radical (unpaired) electrons. The zero-order chi connectivity index (χ0) is 22.5. The molecule has 162 valence electrons. The van der Waals surface area contributed by atoms with Crippen LogP contribution in [-0.4, -0.2) is 41.9 Å². The smallest absolute Gasteiger partial charge is 0.335 e. The van der Waals surface area contributed by atoms with Gasteiger partial charge in [-0.25, -0.2) is 9.18 Å². The van der Waals surface area contributed by atoms with Crippen molar-refractivity contribution in [3.8, 4) is 5.75 Å². The first-order chi connectivity index (χ1) is 14.7. The van der Waals surface area contributed by atoms with Gasteiger partial charge >= 0.3 is 5.97 Å². The van der Waals surface area contributed by atoms with Crippen molar-refractivity contribution < 1.29 is 28.6 Å². The Balaban J connectivity index is 1.72.